The van der Waals surface area contributed by atoms with Crippen molar-refractivity contribution in [3.63, 3.8) is 0 Å². The Morgan fingerprint density at radius 1 is 1.41 bits per heavy atom. The number of hydrogen-bond donors (Lipinski definition) is 2. The van der Waals surface area contributed by atoms with Crippen LogP contribution in [-0.4, -0.2) is 30.9 Å². The van der Waals surface area contributed by atoms with E-state index in [4.69, 9.17) is 4.74 Å². The summed E-state index contributed by atoms with van der Waals surface area (Å²) in [5.41, 5.74) is 1.77. The molecular formula is C14H21NO2. The summed E-state index contributed by atoms with van der Waals surface area (Å²) in [5, 5.41) is 13.7. The zero-order valence-electron chi connectivity index (χ0n) is 10.4. The van der Waals surface area contributed by atoms with Crippen molar-refractivity contribution in [3.8, 4) is 0 Å². The minimum atomic E-state index is -0.579. The summed E-state index contributed by atoms with van der Waals surface area (Å²) in [7, 11) is 1.70. The Kier molecular flexibility index (Phi) is 4.15. The lowest BCUT2D eigenvalue weighted by atomic mass is 9.87. The van der Waals surface area contributed by atoms with Gasteiger partial charge in [-0.25, -0.2) is 0 Å². The Morgan fingerprint density at radius 3 is 2.94 bits per heavy atom. The first-order chi connectivity index (χ1) is 8.22. The summed E-state index contributed by atoms with van der Waals surface area (Å²) < 4.78 is 5.12. The Morgan fingerprint density at radius 2 is 2.24 bits per heavy atom. The molecule has 0 aromatic heterocycles. The molecule has 0 radical (unpaired) electrons. The second-order valence-electron chi connectivity index (χ2n) is 4.93. The largest absolute Gasteiger partial charge is 0.388 e. The normalized spacial score (nSPS) is 24.8. The van der Waals surface area contributed by atoms with Gasteiger partial charge in [-0.15, -0.1) is 0 Å². The van der Waals surface area contributed by atoms with Crippen molar-refractivity contribution >= 4 is 0 Å². The number of rotatable bonds is 4. The van der Waals surface area contributed by atoms with E-state index in [1.54, 1.807) is 7.11 Å². The van der Waals surface area contributed by atoms with Crippen LogP contribution in [0.2, 0.25) is 0 Å². The molecule has 0 saturated carbocycles. The molecule has 94 valence electrons. The van der Waals surface area contributed by atoms with Crippen molar-refractivity contribution in [3.05, 3.63) is 35.4 Å². The summed E-state index contributed by atoms with van der Waals surface area (Å²) in [4.78, 5) is 0. The van der Waals surface area contributed by atoms with Crippen molar-refractivity contribution < 1.29 is 9.84 Å². The summed E-state index contributed by atoms with van der Waals surface area (Å²) in [6, 6.07) is 8.28. The third-order valence-electron chi connectivity index (χ3n) is 3.29. The van der Waals surface area contributed by atoms with Crippen LogP contribution in [0.4, 0.5) is 0 Å². The van der Waals surface area contributed by atoms with Crippen LogP contribution in [0.3, 0.4) is 0 Å². The van der Waals surface area contributed by atoms with E-state index in [9.17, 15) is 5.11 Å². The lowest BCUT2D eigenvalue weighted by molar-refractivity contribution is 0.0169. The fourth-order valence-corrected chi connectivity index (χ4v) is 2.48. The molecule has 0 spiro atoms. The van der Waals surface area contributed by atoms with Crippen LogP contribution in [0.25, 0.3) is 0 Å². The van der Waals surface area contributed by atoms with E-state index in [1.807, 2.05) is 6.07 Å². The van der Waals surface area contributed by atoms with Gasteiger partial charge in [0, 0.05) is 20.1 Å². The summed E-state index contributed by atoms with van der Waals surface area (Å²) >= 11 is 0. The highest BCUT2D eigenvalue weighted by atomic mass is 16.5. The molecule has 0 amide bonds. The molecule has 1 fully saturated rings. The van der Waals surface area contributed by atoms with Crippen LogP contribution in [0.15, 0.2) is 24.3 Å². The van der Waals surface area contributed by atoms with Gasteiger partial charge in [-0.05, 0) is 30.5 Å². The van der Waals surface area contributed by atoms with Crippen molar-refractivity contribution in [2.45, 2.75) is 31.5 Å². The second kappa shape index (κ2) is 5.63. The second-order valence-corrected chi connectivity index (χ2v) is 4.93. The number of β-amino-alcohol motifs (C(OH)–C–C–N with tert-alkyl or cyclic N) is 1. The average molecular weight is 235 g/mol. The number of benzene rings is 1. The SMILES string of the molecule is COCc1cccc(CC2(O)CCCNC2)c1. The van der Waals surface area contributed by atoms with E-state index in [1.165, 1.54) is 5.56 Å². The van der Waals surface area contributed by atoms with Crippen LogP contribution < -0.4 is 5.32 Å². The van der Waals surface area contributed by atoms with E-state index >= 15 is 0 Å². The Labute approximate surface area is 103 Å². The maximum Gasteiger partial charge on any atom is 0.0812 e. The highest BCUT2D eigenvalue weighted by molar-refractivity contribution is 5.24. The highest BCUT2D eigenvalue weighted by Crippen LogP contribution is 2.22. The average Bonchev–Trinajstić information content (AvgIpc) is 2.30. The number of ether oxygens (including phenoxy) is 1. The number of hydrogen-bond acceptors (Lipinski definition) is 3. The Bertz CT molecular complexity index is 359. The monoisotopic (exact) mass is 235 g/mol. The van der Waals surface area contributed by atoms with Crippen LogP contribution in [0.1, 0.15) is 24.0 Å². The van der Waals surface area contributed by atoms with Gasteiger partial charge >= 0.3 is 0 Å². The zero-order chi connectivity index (χ0) is 12.1. The third kappa shape index (κ3) is 3.53. The van der Waals surface area contributed by atoms with Gasteiger partial charge in [-0.1, -0.05) is 24.3 Å². The molecule has 1 saturated heterocycles. The van der Waals surface area contributed by atoms with Gasteiger partial charge in [0.2, 0.25) is 0 Å². The summed E-state index contributed by atoms with van der Waals surface area (Å²) in [5.74, 6) is 0. The van der Waals surface area contributed by atoms with Crippen LogP contribution >= 0.6 is 0 Å². The molecule has 1 unspecified atom stereocenters. The Balaban J connectivity index is 2.04. The first kappa shape index (κ1) is 12.6. The van der Waals surface area contributed by atoms with Crippen LogP contribution in [0.5, 0.6) is 0 Å². The van der Waals surface area contributed by atoms with Crippen molar-refractivity contribution in [1.82, 2.24) is 5.32 Å². The van der Waals surface area contributed by atoms with Gasteiger partial charge < -0.3 is 15.2 Å². The van der Waals surface area contributed by atoms with Crippen molar-refractivity contribution in [1.29, 1.82) is 0 Å². The van der Waals surface area contributed by atoms with E-state index in [2.05, 4.69) is 23.5 Å². The molecule has 1 atom stereocenters. The molecule has 1 aromatic carbocycles. The molecule has 1 aliphatic heterocycles. The van der Waals surface area contributed by atoms with Gasteiger partial charge in [-0.2, -0.15) is 0 Å². The molecular weight excluding hydrogens is 214 g/mol. The highest BCUT2D eigenvalue weighted by Gasteiger charge is 2.29. The van der Waals surface area contributed by atoms with Gasteiger partial charge in [0.1, 0.15) is 0 Å². The molecule has 1 aliphatic rings. The third-order valence-corrected chi connectivity index (χ3v) is 3.29. The number of aliphatic hydroxyl groups is 1. The Hall–Kier alpha value is -0.900. The molecule has 1 heterocycles. The van der Waals surface area contributed by atoms with Gasteiger partial charge in [0.25, 0.3) is 0 Å². The minimum Gasteiger partial charge on any atom is -0.388 e. The van der Waals surface area contributed by atoms with E-state index in [0.717, 1.165) is 31.4 Å². The molecule has 2 rings (SSSR count). The topological polar surface area (TPSA) is 41.5 Å². The van der Waals surface area contributed by atoms with E-state index in [0.29, 0.717) is 13.2 Å². The number of nitrogens with one attached hydrogen (secondary N) is 1. The van der Waals surface area contributed by atoms with Crippen LogP contribution in [0, 0.1) is 0 Å². The molecule has 0 bridgehead atoms. The predicted octanol–water partition coefficient (Wildman–Crippen LogP) is 1.49. The fourth-order valence-electron chi connectivity index (χ4n) is 2.48. The maximum atomic E-state index is 10.5. The van der Waals surface area contributed by atoms with Gasteiger partial charge in [-0.3, -0.25) is 0 Å². The summed E-state index contributed by atoms with van der Waals surface area (Å²) in [6.45, 7) is 2.35. The molecule has 1 aromatic rings. The quantitative estimate of drug-likeness (QED) is 0.831. The van der Waals surface area contributed by atoms with E-state index < -0.39 is 5.60 Å². The minimum absolute atomic E-state index is 0.579. The fraction of sp³-hybridized carbons (Fsp3) is 0.571. The van der Waals surface area contributed by atoms with Gasteiger partial charge in [0.15, 0.2) is 0 Å². The number of methoxy groups -OCH3 is 1. The smallest absolute Gasteiger partial charge is 0.0812 e. The predicted molar refractivity (Wildman–Crippen MR) is 67.9 cm³/mol. The lowest BCUT2D eigenvalue weighted by Gasteiger charge is -2.32. The van der Waals surface area contributed by atoms with Crippen LogP contribution in [-0.2, 0) is 17.8 Å². The van der Waals surface area contributed by atoms with Crippen molar-refractivity contribution in [2.75, 3.05) is 20.2 Å². The molecule has 17 heavy (non-hydrogen) atoms. The standard InChI is InChI=1S/C14H21NO2/c1-17-10-13-5-2-4-12(8-13)9-14(16)6-3-7-15-11-14/h2,4-5,8,15-16H,3,6-7,9-11H2,1H3. The maximum absolute atomic E-state index is 10.5. The molecule has 3 heteroatoms. The van der Waals surface area contributed by atoms with E-state index in [-0.39, 0.29) is 0 Å². The van der Waals surface area contributed by atoms with Crippen molar-refractivity contribution in [2.24, 2.45) is 0 Å². The first-order valence-corrected chi connectivity index (χ1v) is 6.22. The summed E-state index contributed by atoms with van der Waals surface area (Å²) in [6.07, 6.45) is 2.65. The zero-order valence-corrected chi connectivity index (χ0v) is 10.4. The number of piperidine rings is 1. The van der Waals surface area contributed by atoms with Gasteiger partial charge in [0.05, 0.1) is 12.2 Å². The lowest BCUT2D eigenvalue weighted by Crippen LogP contribution is -2.47. The molecule has 3 nitrogen and oxygen atoms in total. The molecule has 0 aliphatic carbocycles. The molecule has 2 N–H and O–H groups in total. The first-order valence-electron chi connectivity index (χ1n) is 6.22.